The summed E-state index contributed by atoms with van der Waals surface area (Å²) in [4.78, 5) is 26.0. The number of nitrogens with zero attached hydrogens (tertiary/aromatic N) is 1. The van der Waals surface area contributed by atoms with Gasteiger partial charge in [0.2, 0.25) is 11.8 Å². The summed E-state index contributed by atoms with van der Waals surface area (Å²) in [6.07, 6.45) is -3.85. The zero-order valence-electron chi connectivity index (χ0n) is 15.5. The largest absolute Gasteiger partial charge is 0.416 e. The molecule has 0 spiro atoms. The van der Waals surface area contributed by atoms with Crippen LogP contribution in [0.25, 0.3) is 0 Å². The fourth-order valence-corrected chi connectivity index (χ4v) is 2.87. The highest BCUT2D eigenvalue weighted by Crippen LogP contribution is 2.30. The molecule has 2 amide bonds. The first-order valence-corrected chi connectivity index (χ1v) is 8.84. The maximum absolute atomic E-state index is 12.9. The molecule has 1 aliphatic rings. The second kappa shape index (κ2) is 8.29. The van der Waals surface area contributed by atoms with Gasteiger partial charge in [-0.25, -0.2) is 0 Å². The molecule has 2 rings (SSSR count). The van der Waals surface area contributed by atoms with Crippen LogP contribution in [-0.2, 0) is 22.3 Å². The van der Waals surface area contributed by atoms with Crippen molar-refractivity contribution in [2.24, 2.45) is 11.3 Å². The van der Waals surface area contributed by atoms with Crippen molar-refractivity contribution < 1.29 is 27.9 Å². The second-order valence-electron chi connectivity index (χ2n) is 7.75. The van der Waals surface area contributed by atoms with Crippen molar-refractivity contribution in [3.8, 4) is 0 Å². The predicted octanol–water partition coefficient (Wildman–Crippen LogP) is 2.58. The maximum atomic E-state index is 12.9. The standard InChI is InChI=1S/C19H25F3N2O3/c1-18(2,12-25)11-23-17(27)14-6-7-16(26)24(10-14)9-13-4-3-5-15(8-13)19(20,21)22/h3-5,8,14,25H,6-7,9-12H2,1-2H3,(H,23,27)/t14-/m1/s1. The monoisotopic (exact) mass is 386 g/mol. The van der Waals surface area contributed by atoms with Crippen LogP contribution < -0.4 is 5.32 Å². The molecule has 1 saturated heterocycles. The highest BCUT2D eigenvalue weighted by Gasteiger charge is 2.33. The molecule has 150 valence electrons. The van der Waals surface area contributed by atoms with Crippen molar-refractivity contribution in [2.45, 2.75) is 39.4 Å². The molecule has 1 atom stereocenters. The molecule has 1 aromatic rings. The highest BCUT2D eigenvalue weighted by molar-refractivity contribution is 5.83. The van der Waals surface area contributed by atoms with Gasteiger partial charge in [-0.15, -0.1) is 0 Å². The van der Waals surface area contributed by atoms with Gasteiger partial charge >= 0.3 is 6.18 Å². The van der Waals surface area contributed by atoms with Crippen molar-refractivity contribution >= 4 is 11.8 Å². The lowest BCUT2D eigenvalue weighted by atomic mass is 9.93. The Hall–Kier alpha value is -2.09. The van der Waals surface area contributed by atoms with Crippen LogP contribution in [0.3, 0.4) is 0 Å². The van der Waals surface area contributed by atoms with E-state index in [2.05, 4.69) is 5.32 Å². The number of halogens is 3. The zero-order chi connectivity index (χ0) is 20.2. The number of alkyl halides is 3. The number of aliphatic hydroxyl groups excluding tert-OH is 1. The number of aliphatic hydroxyl groups is 1. The summed E-state index contributed by atoms with van der Waals surface area (Å²) >= 11 is 0. The van der Waals surface area contributed by atoms with Gasteiger partial charge in [-0.2, -0.15) is 13.2 Å². The van der Waals surface area contributed by atoms with Crippen LogP contribution in [0.1, 0.15) is 37.8 Å². The van der Waals surface area contributed by atoms with E-state index in [0.29, 0.717) is 18.5 Å². The Morgan fingerprint density at radius 2 is 2.04 bits per heavy atom. The van der Waals surface area contributed by atoms with Gasteiger partial charge in [0, 0.05) is 38.1 Å². The van der Waals surface area contributed by atoms with Gasteiger partial charge in [-0.1, -0.05) is 26.0 Å². The number of likely N-dealkylation sites (tertiary alicyclic amines) is 1. The number of amides is 2. The number of nitrogens with one attached hydrogen (secondary N) is 1. The van der Waals surface area contributed by atoms with Crippen molar-refractivity contribution in [1.82, 2.24) is 10.2 Å². The number of rotatable bonds is 6. The molecule has 27 heavy (non-hydrogen) atoms. The lowest BCUT2D eigenvalue weighted by molar-refractivity contribution is -0.139. The second-order valence-corrected chi connectivity index (χ2v) is 7.75. The smallest absolute Gasteiger partial charge is 0.396 e. The topological polar surface area (TPSA) is 69.6 Å². The van der Waals surface area contributed by atoms with Crippen molar-refractivity contribution in [3.05, 3.63) is 35.4 Å². The summed E-state index contributed by atoms with van der Waals surface area (Å²) in [5.41, 5.74) is -0.830. The van der Waals surface area contributed by atoms with Gasteiger partial charge in [-0.05, 0) is 24.1 Å². The van der Waals surface area contributed by atoms with E-state index in [1.54, 1.807) is 0 Å². The molecule has 0 saturated carbocycles. The Kier molecular flexibility index (Phi) is 6.51. The molecule has 0 aliphatic carbocycles. The molecule has 0 radical (unpaired) electrons. The lowest BCUT2D eigenvalue weighted by Gasteiger charge is -2.33. The van der Waals surface area contributed by atoms with Gasteiger partial charge in [0.15, 0.2) is 0 Å². The normalized spacial score (nSPS) is 18.5. The van der Waals surface area contributed by atoms with E-state index in [-0.39, 0.29) is 37.9 Å². The molecule has 2 N–H and O–H groups in total. The first kappa shape index (κ1) is 21.2. The zero-order valence-corrected chi connectivity index (χ0v) is 15.5. The molecule has 0 aromatic heterocycles. The van der Waals surface area contributed by atoms with Gasteiger partial charge < -0.3 is 15.3 Å². The minimum atomic E-state index is -4.44. The van der Waals surface area contributed by atoms with Gasteiger partial charge in [0.1, 0.15) is 0 Å². The molecule has 1 aliphatic heterocycles. The summed E-state index contributed by atoms with van der Waals surface area (Å²) in [5.74, 6) is -0.798. The third-order valence-electron chi connectivity index (χ3n) is 4.67. The fourth-order valence-electron chi connectivity index (χ4n) is 2.87. The first-order chi connectivity index (χ1) is 12.5. The number of hydrogen-bond donors (Lipinski definition) is 2. The number of carbonyl (C=O) groups is 2. The van der Waals surface area contributed by atoms with E-state index in [0.717, 1.165) is 12.1 Å². The molecular formula is C19H25F3N2O3. The van der Waals surface area contributed by atoms with Crippen LogP contribution in [0.2, 0.25) is 0 Å². The van der Waals surface area contributed by atoms with Crippen LogP contribution in [0.15, 0.2) is 24.3 Å². The van der Waals surface area contributed by atoms with Crippen molar-refractivity contribution in [1.29, 1.82) is 0 Å². The summed E-state index contributed by atoms with van der Waals surface area (Å²) in [7, 11) is 0. The minimum absolute atomic E-state index is 0.0364. The number of hydrogen-bond acceptors (Lipinski definition) is 3. The molecule has 1 fully saturated rings. The summed E-state index contributed by atoms with van der Waals surface area (Å²) < 4.78 is 38.6. The van der Waals surface area contributed by atoms with E-state index in [1.807, 2.05) is 13.8 Å². The van der Waals surface area contributed by atoms with Gasteiger partial charge in [0.25, 0.3) is 0 Å². The highest BCUT2D eigenvalue weighted by atomic mass is 19.4. The lowest BCUT2D eigenvalue weighted by Crippen LogP contribution is -2.47. The Balaban J connectivity index is 2.01. The Morgan fingerprint density at radius 3 is 2.67 bits per heavy atom. The van der Waals surface area contributed by atoms with E-state index in [1.165, 1.54) is 17.0 Å². The number of benzene rings is 1. The average Bonchev–Trinajstić information content (AvgIpc) is 2.61. The molecule has 0 unspecified atom stereocenters. The molecular weight excluding hydrogens is 361 g/mol. The SMILES string of the molecule is CC(C)(CO)CNC(=O)[C@@H]1CCC(=O)N(Cc2cccc(C(F)(F)F)c2)C1. The molecule has 1 aromatic carbocycles. The molecule has 0 bridgehead atoms. The molecule has 5 nitrogen and oxygen atoms in total. The average molecular weight is 386 g/mol. The van der Waals surface area contributed by atoms with E-state index < -0.39 is 23.1 Å². The van der Waals surface area contributed by atoms with Crippen LogP contribution in [0.5, 0.6) is 0 Å². The van der Waals surface area contributed by atoms with Crippen molar-refractivity contribution in [2.75, 3.05) is 19.7 Å². The first-order valence-electron chi connectivity index (χ1n) is 8.84. The third kappa shape index (κ3) is 5.95. The predicted molar refractivity (Wildman–Crippen MR) is 93.5 cm³/mol. The molecule has 1 heterocycles. The number of carbonyl (C=O) groups excluding carboxylic acids is 2. The maximum Gasteiger partial charge on any atom is 0.416 e. The quantitative estimate of drug-likeness (QED) is 0.790. The molecule has 8 heteroatoms. The van der Waals surface area contributed by atoms with Gasteiger partial charge in [-0.3, -0.25) is 9.59 Å². The van der Waals surface area contributed by atoms with Crippen LogP contribution in [0.4, 0.5) is 13.2 Å². The van der Waals surface area contributed by atoms with E-state index >= 15 is 0 Å². The van der Waals surface area contributed by atoms with Gasteiger partial charge in [0.05, 0.1) is 11.5 Å². The van der Waals surface area contributed by atoms with Crippen LogP contribution in [0, 0.1) is 11.3 Å². The van der Waals surface area contributed by atoms with Crippen LogP contribution in [-0.4, -0.2) is 41.5 Å². The Bertz CT molecular complexity index is 689. The summed E-state index contributed by atoms with van der Waals surface area (Å²) in [6, 6.07) is 4.87. The minimum Gasteiger partial charge on any atom is -0.396 e. The summed E-state index contributed by atoms with van der Waals surface area (Å²) in [5, 5.41) is 12.0. The summed E-state index contributed by atoms with van der Waals surface area (Å²) in [6.45, 7) is 4.07. The number of piperidine rings is 1. The van der Waals surface area contributed by atoms with E-state index in [4.69, 9.17) is 0 Å². The van der Waals surface area contributed by atoms with E-state index in [9.17, 15) is 27.9 Å². The third-order valence-corrected chi connectivity index (χ3v) is 4.67. The Morgan fingerprint density at radius 1 is 1.33 bits per heavy atom. The van der Waals surface area contributed by atoms with Crippen LogP contribution >= 0.6 is 0 Å². The van der Waals surface area contributed by atoms with Crippen molar-refractivity contribution in [3.63, 3.8) is 0 Å². The Labute approximate surface area is 156 Å². The fraction of sp³-hybridized carbons (Fsp3) is 0.579.